The Morgan fingerprint density at radius 2 is 1.89 bits per heavy atom. The average molecular weight is 244 g/mol. The fourth-order valence-corrected chi connectivity index (χ4v) is 2.71. The maximum atomic E-state index is 12.4. The molecule has 0 aromatic heterocycles. The molecule has 0 spiro atoms. The minimum Gasteiger partial charge on any atom is -0.333 e. The van der Waals surface area contributed by atoms with E-state index in [1.54, 1.807) is 0 Å². The van der Waals surface area contributed by atoms with Crippen LogP contribution in [0.3, 0.4) is 0 Å². The zero-order valence-corrected chi connectivity index (χ0v) is 10.9. The zero-order valence-electron chi connectivity index (χ0n) is 10.9. The Kier molecular flexibility index (Phi) is 3.08. The quantitative estimate of drug-likeness (QED) is 0.793. The monoisotopic (exact) mass is 244 g/mol. The largest absolute Gasteiger partial charge is 0.333 e. The van der Waals surface area contributed by atoms with Crippen LogP contribution in [0.5, 0.6) is 0 Å². The number of carbonyl (C=O) groups is 1. The lowest BCUT2D eigenvalue weighted by molar-refractivity contribution is -0.137. The molecule has 1 saturated heterocycles. The van der Waals surface area contributed by atoms with E-state index in [9.17, 15) is 4.79 Å². The first-order valence-electron chi connectivity index (χ1n) is 6.79. The molecule has 1 aromatic carbocycles. The SMILES string of the molecule is CN1CCN(C(=O)C2CC2)C(c2ccccc2)C1. The molecule has 3 nitrogen and oxygen atoms in total. The second-order valence-corrected chi connectivity index (χ2v) is 5.49. The van der Waals surface area contributed by atoms with Gasteiger partial charge in [0, 0.05) is 25.6 Å². The molecule has 0 radical (unpaired) electrons. The van der Waals surface area contributed by atoms with Crippen LogP contribution in [0.1, 0.15) is 24.4 Å². The zero-order chi connectivity index (χ0) is 12.5. The van der Waals surface area contributed by atoms with Crippen LogP contribution in [0.15, 0.2) is 30.3 Å². The fourth-order valence-electron chi connectivity index (χ4n) is 2.71. The summed E-state index contributed by atoms with van der Waals surface area (Å²) in [4.78, 5) is 16.8. The number of likely N-dealkylation sites (N-methyl/N-ethyl adjacent to an activating group) is 1. The summed E-state index contributed by atoms with van der Waals surface area (Å²) in [6, 6.07) is 10.7. The number of carbonyl (C=O) groups excluding carboxylic acids is 1. The van der Waals surface area contributed by atoms with Crippen molar-refractivity contribution >= 4 is 5.91 Å². The molecule has 96 valence electrons. The van der Waals surface area contributed by atoms with Gasteiger partial charge < -0.3 is 9.80 Å². The van der Waals surface area contributed by atoms with E-state index in [4.69, 9.17) is 0 Å². The van der Waals surface area contributed by atoms with Gasteiger partial charge in [0.15, 0.2) is 0 Å². The normalized spacial score (nSPS) is 25.2. The van der Waals surface area contributed by atoms with Crippen LogP contribution < -0.4 is 0 Å². The van der Waals surface area contributed by atoms with E-state index < -0.39 is 0 Å². The second-order valence-electron chi connectivity index (χ2n) is 5.49. The predicted octanol–water partition coefficient (Wildman–Crippen LogP) is 1.91. The summed E-state index contributed by atoms with van der Waals surface area (Å²) in [5, 5.41) is 0. The van der Waals surface area contributed by atoms with Crippen molar-refractivity contribution in [1.29, 1.82) is 0 Å². The van der Waals surface area contributed by atoms with Crippen LogP contribution >= 0.6 is 0 Å². The number of benzene rings is 1. The molecule has 3 rings (SSSR count). The Bertz CT molecular complexity index is 427. The first-order valence-corrected chi connectivity index (χ1v) is 6.79. The topological polar surface area (TPSA) is 23.6 Å². The second kappa shape index (κ2) is 4.73. The molecular weight excluding hydrogens is 224 g/mol. The van der Waals surface area contributed by atoms with Crippen LogP contribution in [0, 0.1) is 5.92 Å². The third-order valence-electron chi connectivity index (χ3n) is 3.98. The van der Waals surface area contributed by atoms with E-state index in [1.165, 1.54) is 5.56 Å². The molecule has 3 heteroatoms. The van der Waals surface area contributed by atoms with Crippen LogP contribution in [0.2, 0.25) is 0 Å². The predicted molar refractivity (Wildman–Crippen MR) is 71.1 cm³/mol. The summed E-state index contributed by atoms with van der Waals surface area (Å²) in [7, 11) is 2.13. The highest BCUT2D eigenvalue weighted by molar-refractivity contribution is 5.81. The van der Waals surface area contributed by atoms with Gasteiger partial charge in [0.2, 0.25) is 5.91 Å². The highest BCUT2D eigenvalue weighted by Gasteiger charge is 2.38. The number of nitrogens with zero attached hydrogens (tertiary/aromatic N) is 2. The molecular formula is C15H20N2O. The van der Waals surface area contributed by atoms with Crippen LogP contribution in [0.4, 0.5) is 0 Å². The fraction of sp³-hybridized carbons (Fsp3) is 0.533. The number of piperazine rings is 1. The number of amides is 1. The number of hydrogen-bond acceptors (Lipinski definition) is 2. The van der Waals surface area contributed by atoms with Crippen molar-refractivity contribution in [3.8, 4) is 0 Å². The average Bonchev–Trinajstić information content (AvgIpc) is 3.23. The van der Waals surface area contributed by atoms with Gasteiger partial charge in [-0.15, -0.1) is 0 Å². The van der Waals surface area contributed by atoms with Crippen molar-refractivity contribution in [3.05, 3.63) is 35.9 Å². The van der Waals surface area contributed by atoms with Crippen molar-refractivity contribution in [1.82, 2.24) is 9.80 Å². The van der Waals surface area contributed by atoms with Crippen LogP contribution in [-0.2, 0) is 4.79 Å². The van der Waals surface area contributed by atoms with Gasteiger partial charge >= 0.3 is 0 Å². The molecule has 2 aliphatic rings. The maximum absolute atomic E-state index is 12.4. The Morgan fingerprint density at radius 3 is 2.56 bits per heavy atom. The number of hydrogen-bond donors (Lipinski definition) is 0. The highest BCUT2D eigenvalue weighted by atomic mass is 16.2. The Hall–Kier alpha value is -1.35. The van der Waals surface area contributed by atoms with E-state index in [1.807, 2.05) is 6.07 Å². The number of rotatable bonds is 2. The molecule has 0 bridgehead atoms. The third-order valence-corrected chi connectivity index (χ3v) is 3.98. The molecule has 1 unspecified atom stereocenters. The van der Waals surface area contributed by atoms with E-state index in [0.29, 0.717) is 11.8 Å². The van der Waals surface area contributed by atoms with E-state index in [2.05, 4.69) is 41.1 Å². The Labute approximate surface area is 108 Å². The summed E-state index contributed by atoms with van der Waals surface area (Å²) in [6.07, 6.45) is 2.18. The first kappa shape index (κ1) is 11.7. The summed E-state index contributed by atoms with van der Waals surface area (Å²) < 4.78 is 0. The van der Waals surface area contributed by atoms with Crippen molar-refractivity contribution < 1.29 is 4.79 Å². The van der Waals surface area contributed by atoms with Crippen molar-refractivity contribution in [2.24, 2.45) is 5.92 Å². The molecule has 2 fully saturated rings. The molecule has 18 heavy (non-hydrogen) atoms. The molecule has 0 N–H and O–H groups in total. The lowest BCUT2D eigenvalue weighted by Crippen LogP contribution is -2.49. The van der Waals surface area contributed by atoms with E-state index in [0.717, 1.165) is 32.5 Å². The standard InChI is InChI=1S/C15H20N2O/c1-16-9-10-17(15(18)13-7-8-13)14(11-16)12-5-3-2-4-6-12/h2-6,13-14H,7-11H2,1H3. The van der Waals surface area contributed by atoms with E-state index in [-0.39, 0.29) is 6.04 Å². The molecule has 1 aliphatic carbocycles. The van der Waals surface area contributed by atoms with Gasteiger partial charge in [0.1, 0.15) is 0 Å². The lowest BCUT2D eigenvalue weighted by atomic mass is 10.0. The van der Waals surface area contributed by atoms with Crippen molar-refractivity contribution in [2.45, 2.75) is 18.9 Å². The van der Waals surface area contributed by atoms with Gasteiger partial charge in [-0.3, -0.25) is 4.79 Å². The summed E-state index contributed by atoms with van der Waals surface area (Å²) in [5.74, 6) is 0.691. The summed E-state index contributed by atoms with van der Waals surface area (Å²) in [6.45, 7) is 2.80. The summed E-state index contributed by atoms with van der Waals surface area (Å²) >= 11 is 0. The lowest BCUT2D eigenvalue weighted by Gasteiger charge is -2.40. The highest BCUT2D eigenvalue weighted by Crippen LogP contribution is 2.35. The van der Waals surface area contributed by atoms with Gasteiger partial charge in [-0.1, -0.05) is 30.3 Å². The molecule has 1 aliphatic heterocycles. The Morgan fingerprint density at radius 1 is 1.17 bits per heavy atom. The molecule has 1 atom stereocenters. The first-order chi connectivity index (χ1) is 8.75. The molecule has 1 saturated carbocycles. The smallest absolute Gasteiger partial charge is 0.226 e. The molecule has 1 amide bonds. The minimum absolute atomic E-state index is 0.234. The van der Waals surface area contributed by atoms with Crippen LogP contribution in [-0.4, -0.2) is 42.4 Å². The van der Waals surface area contributed by atoms with Crippen molar-refractivity contribution in [3.63, 3.8) is 0 Å². The molecule has 1 heterocycles. The third kappa shape index (κ3) is 2.27. The minimum atomic E-state index is 0.234. The van der Waals surface area contributed by atoms with Crippen molar-refractivity contribution in [2.75, 3.05) is 26.7 Å². The van der Waals surface area contributed by atoms with Gasteiger partial charge in [-0.25, -0.2) is 0 Å². The van der Waals surface area contributed by atoms with Gasteiger partial charge in [0.05, 0.1) is 6.04 Å². The van der Waals surface area contributed by atoms with Gasteiger partial charge in [-0.05, 0) is 25.5 Å². The van der Waals surface area contributed by atoms with Gasteiger partial charge in [-0.2, -0.15) is 0 Å². The van der Waals surface area contributed by atoms with Crippen LogP contribution in [0.25, 0.3) is 0 Å². The maximum Gasteiger partial charge on any atom is 0.226 e. The summed E-state index contributed by atoms with van der Waals surface area (Å²) in [5.41, 5.74) is 1.26. The molecule has 1 aromatic rings. The Balaban J connectivity index is 1.84. The van der Waals surface area contributed by atoms with E-state index >= 15 is 0 Å². The van der Waals surface area contributed by atoms with Gasteiger partial charge in [0.25, 0.3) is 0 Å².